The fraction of sp³-hybridized carbons (Fsp3) is 0.467. The van der Waals surface area contributed by atoms with E-state index in [1.165, 1.54) is 10.6 Å². The first-order valence-corrected chi connectivity index (χ1v) is 9.16. The van der Waals surface area contributed by atoms with E-state index in [0.29, 0.717) is 37.4 Å². The molecule has 2 rings (SSSR count). The molecule has 1 saturated heterocycles. The van der Waals surface area contributed by atoms with Crippen LogP contribution in [0.25, 0.3) is 0 Å². The van der Waals surface area contributed by atoms with Crippen LogP contribution in [0.4, 0.5) is 5.69 Å². The van der Waals surface area contributed by atoms with E-state index in [1.807, 2.05) is 11.0 Å². The number of hydrogen-bond acceptors (Lipinski definition) is 5. The number of benzene rings is 1. The van der Waals surface area contributed by atoms with Gasteiger partial charge in [-0.25, -0.2) is 8.42 Å². The number of carbonyl (C=O) groups is 1. The van der Waals surface area contributed by atoms with Crippen molar-refractivity contribution in [2.24, 2.45) is 0 Å². The van der Waals surface area contributed by atoms with Crippen LogP contribution in [0.3, 0.4) is 0 Å². The summed E-state index contributed by atoms with van der Waals surface area (Å²) in [7, 11) is -3.18. The molecule has 23 heavy (non-hydrogen) atoms. The molecule has 0 spiro atoms. The second-order valence-electron chi connectivity index (χ2n) is 5.56. The van der Waals surface area contributed by atoms with E-state index in [1.54, 1.807) is 31.2 Å². The van der Waals surface area contributed by atoms with Crippen LogP contribution in [-0.4, -0.2) is 62.0 Å². The lowest BCUT2D eigenvalue weighted by Gasteiger charge is -2.36. The summed E-state index contributed by atoms with van der Waals surface area (Å²) in [5.74, 6) is -0.173. The Kier molecular flexibility index (Phi) is 5.36. The van der Waals surface area contributed by atoms with Crippen molar-refractivity contribution in [2.75, 3.05) is 37.8 Å². The highest BCUT2D eigenvalue weighted by Crippen LogP contribution is 2.13. The van der Waals surface area contributed by atoms with Crippen molar-refractivity contribution in [3.63, 3.8) is 0 Å². The van der Waals surface area contributed by atoms with Crippen molar-refractivity contribution in [3.8, 4) is 6.07 Å². The molecule has 7 nitrogen and oxygen atoms in total. The maximum atomic E-state index is 12.3. The predicted molar refractivity (Wildman–Crippen MR) is 87.2 cm³/mol. The Bertz CT molecular complexity index is 718. The molecule has 1 aromatic rings. The zero-order valence-corrected chi connectivity index (χ0v) is 14.0. The molecule has 0 aromatic heterocycles. The van der Waals surface area contributed by atoms with Crippen LogP contribution in [0.15, 0.2) is 24.3 Å². The molecule has 1 N–H and O–H groups in total. The van der Waals surface area contributed by atoms with Gasteiger partial charge in [0.15, 0.2) is 0 Å². The summed E-state index contributed by atoms with van der Waals surface area (Å²) in [6.45, 7) is 3.60. The van der Waals surface area contributed by atoms with Gasteiger partial charge in [-0.3, -0.25) is 9.69 Å². The Morgan fingerprint density at radius 3 is 2.52 bits per heavy atom. The SMILES string of the molecule is C[C@@H](C(=O)Nc1cccc(C#N)c1)N1CCN(S(C)(=O)=O)CC1. The third-order valence-electron chi connectivity index (χ3n) is 3.93. The molecule has 1 heterocycles. The van der Waals surface area contributed by atoms with E-state index in [4.69, 9.17) is 5.26 Å². The highest BCUT2D eigenvalue weighted by molar-refractivity contribution is 7.88. The van der Waals surface area contributed by atoms with E-state index in [2.05, 4.69) is 5.32 Å². The van der Waals surface area contributed by atoms with E-state index in [0.717, 1.165) is 0 Å². The molecule has 0 saturated carbocycles. The molecule has 0 unspecified atom stereocenters. The number of amides is 1. The molecular formula is C15H20N4O3S. The average molecular weight is 336 g/mol. The highest BCUT2D eigenvalue weighted by atomic mass is 32.2. The predicted octanol–water partition coefficient (Wildman–Crippen LogP) is 0.462. The van der Waals surface area contributed by atoms with Gasteiger partial charge in [-0.15, -0.1) is 0 Å². The van der Waals surface area contributed by atoms with Crippen LogP contribution >= 0.6 is 0 Å². The van der Waals surface area contributed by atoms with Crippen molar-refractivity contribution in [1.82, 2.24) is 9.21 Å². The van der Waals surface area contributed by atoms with Gasteiger partial charge >= 0.3 is 0 Å². The molecule has 1 fully saturated rings. The van der Waals surface area contributed by atoms with Gasteiger partial charge in [0.25, 0.3) is 0 Å². The van der Waals surface area contributed by atoms with Gasteiger partial charge in [0, 0.05) is 31.9 Å². The molecule has 1 amide bonds. The molecule has 1 aliphatic heterocycles. The maximum Gasteiger partial charge on any atom is 0.241 e. The van der Waals surface area contributed by atoms with Gasteiger partial charge in [-0.05, 0) is 25.1 Å². The van der Waals surface area contributed by atoms with Crippen molar-refractivity contribution in [3.05, 3.63) is 29.8 Å². The van der Waals surface area contributed by atoms with Crippen LogP contribution in [0.2, 0.25) is 0 Å². The van der Waals surface area contributed by atoms with Crippen LogP contribution in [-0.2, 0) is 14.8 Å². The minimum absolute atomic E-state index is 0.173. The van der Waals surface area contributed by atoms with Gasteiger partial charge in [0.2, 0.25) is 15.9 Å². The number of hydrogen-bond donors (Lipinski definition) is 1. The molecule has 0 bridgehead atoms. The van der Waals surface area contributed by atoms with Crippen molar-refractivity contribution in [1.29, 1.82) is 5.26 Å². The Labute approximate surface area is 136 Å². The van der Waals surface area contributed by atoms with Gasteiger partial charge in [0.05, 0.1) is 23.9 Å². The van der Waals surface area contributed by atoms with E-state index < -0.39 is 10.0 Å². The third kappa shape index (κ3) is 4.51. The first-order valence-electron chi connectivity index (χ1n) is 7.31. The smallest absolute Gasteiger partial charge is 0.241 e. The minimum atomic E-state index is -3.18. The lowest BCUT2D eigenvalue weighted by Crippen LogP contribution is -2.53. The quantitative estimate of drug-likeness (QED) is 0.862. The fourth-order valence-electron chi connectivity index (χ4n) is 2.50. The van der Waals surface area contributed by atoms with E-state index in [9.17, 15) is 13.2 Å². The molecule has 0 aliphatic carbocycles. The average Bonchev–Trinajstić information content (AvgIpc) is 2.53. The van der Waals surface area contributed by atoms with Crippen molar-refractivity contribution < 1.29 is 13.2 Å². The Balaban J connectivity index is 1.94. The number of sulfonamides is 1. The standard InChI is InChI=1S/C15H20N4O3S/c1-12(18-6-8-19(9-7-18)23(2,21)22)15(20)17-14-5-3-4-13(10-14)11-16/h3-5,10,12H,6-9H2,1-2H3,(H,17,20)/t12-/m0/s1. The molecule has 0 radical (unpaired) electrons. The van der Waals surface area contributed by atoms with E-state index >= 15 is 0 Å². The molecule has 1 aliphatic rings. The van der Waals surface area contributed by atoms with Crippen LogP contribution in [0, 0.1) is 11.3 Å². The van der Waals surface area contributed by atoms with Crippen LogP contribution < -0.4 is 5.32 Å². The number of carbonyl (C=O) groups excluding carboxylic acids is 1. The molecule has 1 aromatic carbocycles. The highest BCUT2D eigenvalue weighted by Gasteiger charge is 2.28. The summed E-state index contributed by atoms with van der Waals surface area (Å²) in [5, 5.41) is 11.7. The number of nitriles is 1. The van der Waals surface area contributed by atoms with Gasteiger partial charge in [-0.1, -0.05) is 6.07 Å². The molecule has 8 heteroatoms. The van der Waals surface area contributed by atoms with Gasteiger partial charge in [0.1, 0.15) is 0 Å². The van der Waals surface area contributed by atoms with Crippen molar-refractivity contribution >= 4 is 21.6 Å². The van der Waals surface area contributed by atoms with Gasteiger partial charge < -0.3 is 5.32 Å². The number of rotatable bonds is 4. The summed E-state index contributed by atoms with van der Waals surface area (Å²) in [6, 6.07) is 8.38. The zero-order chi connectivity index (χ0) is 17.0. The number of piperazine rings is 1. The minimum Gasteiger partial charge on any atom is -0.325 e. The summed E-state index contributed by atoms with van der Waals surface area (Å²) in [5.41, 5.74) is 1.06. The third-order valence-corrected chi connectivity index (χ3v) is 5.23. The lowest BCUT2D eigenvalue weighted by atomic mass is 10.2. The monoisotopic (exact) mass is 336 g/mol. The zero-order valence-electron chi connectivity index (χ0n) is 13.2. The normalized spacial score (nSPS) is 18.1. The van der Waals surface area contributed by atoms with E-state index in [-0.39, 0.29) is 11.9 Å². The maximum absolute atomic E-state index is 12.3. The Hall–Kier alpha value is -1.95. The summed E-state index contributed by atoms with van der Waals surface area (Å²) in [6.07, 6.45) is 1.20. The summed E-state index contributed by atoms with van der Waals surface area (Å²) < 4.78 is 24.4. The van der Waals surface area contributed by atoms with Crippen LogP contribution in [0.1, 0.15) is 12.5 Å². The summed E-state index contributed by atoms with van der Waals surface area (Å²) >= 11 is 0. The van der Waals surface area contributed by atoms with Gasteiger partial charge in [-0.2, -0.15) is 9.57 Å². The second kappa shape index (κ2) is 7.08. The van der Waals surface area contributed by atoms with Crippen molar-refractivity contribution in [2.45, 2.75) is 13.0 Å². The molecular weight excluding hydrogens is 316 g/mol. The topological polar surface area (TPSA) is 93.5 Å². The lowest BCUT2D eigenvalue weighted by molar-refractivity contribution is -0.121. The Morgan fingerprint density at radius 2 is 1.96 bits per heavy atom. The fourth-order valence-corrected chi connectivity index (χ4v) is 3.33. The first-order chi connectivity index (χ1) is 10.8. The number of anilines is 1. The Morgan fingerprint density at radius 1 is 1.30 bits per heavy atom. The largest absolute Gasteiger partial charge is 0.325 e. The summed E-state index contributed by atoms with van der Waals surface area (Å²) in [4.78, 5) is 14.3. The second-order valence-corrected chi connectivity index (χ2v) is 7.54. The molecule has 124 valence electrons. The molecule has 1 atom stereocenters. The number of nitrogens with zero attached hydrogens (tertiary/aromatic N) is 3. The van der Waals surface area contributed by atoms with Crippen LogP contribution in [0.5, 0.6) is 0 Å². The number of nitrogens with one attached hydrogen (secondary N) is 1. The first kappa shape index (κ1) is 17.4.